The molecule has 31 heavy (non-hydrogen) atoms. The van der Waals surface area contributed by atoms with Gasteiger partial charge < -0.3 is 23.9 Å². The van der Waals surface area contributed by atoms with E-state index in [9.17, 15) is 4.79 Å². The number of benzene rings is 1. The third-order valence-electron chi connectivity index (χ3n) is 5.04. The van der Waals surface area contributed by atoms with Gasteiger partial charge in [0.2, 0.25) is 5.91 Å². The van der Waals surface area contributed by atoms with E-state index in [-0.39, 0.29) is 11.9 Å². The molecule has 0 spiro atoms. The van der Waals surface area contributed by atoms with Crippen molar-refractivity contribution in [2.24, 2.45) is 0 Å². The summed E-state index contributed by atoms with van der Waals surface area (Å²) in [5, 5.41) is 3.01. The summed E-state index contributed by atoms with van der Waals surface area (Å²) < 4.78 is 22.5. The molecule has 0 bridgehead atoms. The van der Waals surface area contributed by atoms with E-state index >= 15 is 0 Å². The second-order valence-corrected chi connectivity index (χ2v) is 7.26. The highest BCUT2D eigenvalue weighted by atomic mass is 16.5. The first-order valence-corrected chi connectivity index (χ1v) is 10.8. The van der Waals surface area contributed by atoms with Crippen molar-refractivity contribution in [3.8, 4) is 11.5 Å². The molecule has 1 N–H and O–H groups in total. The lowest BCUT2D eigenvalue weighted by Crippen LogP contribution is -2.43. The largest absolute Gasteiger partial charge is 0.490 e. The Hall–Kier alpha value is -2.77. The van der Waals surface area contributed by atoms with Gasteiger partial charge in [-0.05, 0) is 56.7 Å². The fourth-order valence-electron chi connectivity index (χ4n) is 3.53. The molecule has 2 aromatic rings. The highest BCUT2D eigenvalue weighted by Crippen LogP contribution is 2.29. The molecule has 1 amide bonds. The van der Waals surface area contributed by atoms with E-state index in [1.807, 2.05) is 51.1 Å². The van der Waals surface area contributed by atoms with Gasteiger partial charge in [-0.3, -0.25) is 9.69 Å². The Balaban J connectivity index is 1.63. The third kappa shape index (κ3) is 6.60. The van der Waals surface area contributed by atoms with Crippen molar-refractivity contribution in [2.75, 3.05) is 46.1 Å². The lowest BCUT2D eigenvalue weighted by atomic mass is 10.1. The molecule has 1 atom stereocenters. The number of hydrogen-bond acceptors (Lipinski definition) is 6. The molecule has 0 saturated carbocycles. The van der Waals surface area contributed by atoms with Crippen molar-refractivity contribution in [3.63, 3.8) is 0 Å². The SMILES string of the molecule is CCOc1ccc(/C=C/C(=O)NCC(c2ccc(C)o2)N2CCOCC2)cc1OCC. The van der Waals surface area contributed by atoms with Gasteiger partial charge >= 0.3 is 0 Å². The Labute approximate surface area is 184 Å². The summed E-state index contributed by atoms with van der Waals surface area (Å²) in [6.45, 7) is 10.3. The van der Waals surface area contributed by atoms with E-state index < -0.39 is 0 Å². The molecule has 0 radical (unpaired) electrons. The minimum absolute atomic E-state index is 0.0232. The van der Waals surface area contributed by atoms with Crippen LogP contribution < -0.4 is 14.8 Å². The number of furan rings is 1. The van der Waals surface area contributed by atoms with Crippen LogP contribution in [0.3, 0.4) is 0 Å². The molecule has 7 heteroatoms. The summed E-state index contributed by atoms with van der Waals surface area (Å²) in [5.41, 5.74) is 0.869. The van der Waals surface area contributed by atoms with E-state index in [2.05, 4.69) is 10.2 Å². The van der Waals surface area contributed by atoms with Gasteiger partial charge in [-0.25, -0.2) is 0 Å². The normalized spacial score (nSPS) is 15.7. The van der Waals surface area contributed by atoms with E-state index in [1.54, 1.807) is 6.08 Å². The van der Waals surface area contributed by atoms with E-state index in [4.69, 9.17) is 18.6 Å². The summed E-state index contributed by atoms with van der Waals surface area (Å²) in [6.07, 6.45) is 3.31. The number of aryl methyl sites for hydroxylation is 1. The zero-order valence-corrected chi connectivity index (χ0v) is 18.6. The van der Waals surface area contributed by atoms with Gasteiger partial charge in [0.05, 0.1) is 32.5 Å². The minimum Gasteiger partial charge on any atom is -0.490 e. The van der Waals surface area contributed by atoms with Crippen LogP contribution in [0.2, 0.25) is 0 Å². The van der Waals surface area contributed by atoms with Crippen molar-refractivity contribution >= 4 is 12.0 Å². The quantitative estimate of drug-likeness (QED) is 0.583. The third-order valence-corrected chi connectivity index (χ3v) is 5.04. The molecular formula is C24H32N2O5. The second kappa shape index (κ2) is 11.6. The van der Waals surface area contributed by atoms with Crippen LogP contribution in [0.15, 0.2) is 40.8 Å². The number of hydrogen-bond donors (Lipinski definition) is 1. The molecule has 1 aliphatic rings. The van der Waals surface area contributed by atoms with Crippen LogP contribution in [0.5, 0.6) is 11.5 Å². The Morgan fingerprint density at radius 1 is 1.13 bits per heavy atom. The summed E-state index contributed by atoms with van der Waals surface area (Å²) in [5.74, 6) is 2.94. The maximum atomic E-state index is 12.5. The highest BCUT2D eigenvalue weighted by Gasteiger charge is 2.25. The van der Waals surface area contributed by atoms with Gasteiger partial charge in [0.25, 0.3) is 0 Å². The predicted molar refractivity (Wildman–Crippen MR) is 119 cm³/mol. The molecule has 1 unspecified atom stereocenters. The molecule has 1 aliphatic heterocycles. The number of morpholine rings is 1. The van der Waals surface area contributed by atoms with E-state index in [0.717, 1.165) is 30.2 Å². The van der Waals surface area contributed by atoms with Crippen molar-refractivity contribution in [3.05, 3.63) is 53.5 Å². The van der Waals surface area contributed by atoms with Crippen LogP contribution in [0.25, 0.3) is 6.08 Å². The van der Waals surface area contributed by atoms with Crippen LogP contribution >= 0.6 is 0 Å². The molecule has 2 heterocycles. The van der Waals surface area contributed by atoms with Gasteiger partial charge in [0.1, 0.15) is 11.5 Å². The Bertz CT molecular complexity index is 871. The number of rotatable bonds is 10. The lowest BCUT2D eigenvalue weighted by molar-refractivity contribution is -0.116. The zero-order chi connectivity index (χ0) is 22.1. The molecule has 168 valence electrons. The first-order valence-electron chi connectivity index (χ1n) is 10.8. The van der Waals surface area contributed by atoms with Gasteiger partial charge in [-0.1, -0.05) is 6.07 Å². The smallest absolute Gasteiger partial charge is 0.244 e. The van der Waals surface area contributed by atoms with Gasteiger partial charge in [0.15, 0.2) is 11.5 Å². The summed E-state index contributed by atoms with van der Waals surface area (Å²) in [4.78, 5) is 14.8. The standard InChI is InChI=1S/C24H32N2O5/c1-4-29-22-10-7-19(16-23(22)30-5-2)8-11-24(27)25-17-20(21-9-6-18(3)31-21)26-12-14-28-15-13-26/h6-11,16,20H,4-5,12-15,17H2,1-3H3,(H,25,27)/b11-8+. The number of nitrogens with zero attached hydrogens (tertiary/aromatic N) is 1. The highest BCUT2D eigenvalue weighted by molar-refractivity contribution is 5.91. The van der Waals surface area contributed by atoms with Gasteiger partial charge in [0, 0.05) is 25.7 Å². The number of ether oxygens (including phenoxy) is 3. The number of carbonyl (C=O) groups is 1. The second-order valence-electron chi connectivity index (χ2n) is 7.26. The van der Waals surface area contributed by atoms with Gasteiger partial charge in [-0.15, -0.1) is 0 Å². The summed E-state index contributed by atoms with van der Waals surface area (Å²) in [6, 6.07) is 9.54. The van der Waals surface area contributed by atoms with Crippen molar-refractivity contribution in [1.82, 2.24) is 10.2 Å². The fraction of sp³-hybridized carbons (Fsp3) is 0.458. The Morgan fingerprint density at radius 3 is 2.55 bits per heavy atom. The lowest BCUT2D eigenvalue weighted by Gasteiger charge is -2.33. The minimum atomic E-state index is -0.159. The molecule has 1 aromatic heterocycles. The number of amides is 1. The van der Waals surface area contributed by atoms with Crippen LogP contribution in [0.1, 0.15) is 37.0 Å². The first kappa shape index (κ1) is 22.9. The molecule has 7 nitrogen and oxygen atoms in total. The maximum Gasteiger partial charge on any atom is 0.244 e. The Morgan fingerprint density at radius 2 is 1.87 bits per heavy atom. The monoisotopic (exact) mass is 428 g/mol. The topological polar surface area (TPSA) is 73.2 Å². The van der Waals surface area contributed by atoms with E-state index in [0.29, 0.717) is 44.5 Å². The molecular weight excluding hydrogens is 396 g/mol. The molecule has 1 fully saturated rings. The number of nitrogens with one attached hydrogen (secondary N) is 1. The average Bonchev–Trinajstić information content (AvgIpc) is 3.21. The van der Waals surface area contributed by atoms with Crippen LogP contribution in [0, 0.1) is 6.92 Å². The van der Waals surface area contributed by atoms with Crippen LogP contribution in [-0.2, 0) is 9.53 Å². The molecule has 1 saturated heterocycles. The van der Waals surface area contributed by atoms with Crippen molar-refractivity contribution in [2.45, 2.75) is 26.8 Å². The predicted octanol–water partition coefficient (Wildman–Crippen LogP) is 3.59. The molecule has 0 aliphatic carbocycles. The number of carbonyl (C=O) groups excluding carboxylic acids is 1. The van der Waals surface area contributed by atoms with Crippen LogP contribution in [-0.4, -0.2) is 56.9 Å². The maximum absolute atomic E-state index is 12.5. The first-order chi connectivity index (χ1) is 15.1. The summed E-state index contributed by atoms with van der Waals surface area (Å²) >= 11 is 0. The van der Waals surface area contributed by atoms with Gasteiger partial charge in [-0.2, -0.15) is 0 Å². The molecule has 3 rings (SSSR count). The Kier molecular flexibility index (Phi) is 8.55. The fourth-order valence-corrected chi connectivity index (χ4v) is 3.53. The zero-order valence-electron chi connectivity index (χ0n) is 18.6. The average molecular weight is 429 g/mol. The van der Waals surface area contributed by atoms with Crippen molar-refractivity contribution in [1.29, 1.82) is 0 Å². The van der Waals surface area contributed by atoms with E-state index in [1.165, 1.54) is 6.08 Å². The van der Waals surface area contributed by atoms with Crippen molar-refractivity contribution < 1.29 is 23.4 Å². The van der Waals surface area contributed by atoms with Crippen LogP contribution in [0.4, 0.5) is 0 Å². The summed E-state index contributed by atoms with van der Waals surface area (Å²) in [7, 11) is 0. The molecule has 1 aromatic carbocycles.